The lowest BCUT2D eigenvalue weighted by molar-refractivity contribution is -0.274. The predicted molar refractivity (Wildman–Crippen MR) is 80.7 cm³/mol. The Hall–Kier alpha value is -1.92. The van der Waals surface area contributed by atoms with Crippen molar-refractivity contribution in [3.63, 3.8) is 0 Å². The van der Waals surface area contributed by atoms with Crippen LogP contribution in [-0.2, 0) is 4.74 Å². The Balaban J connectivity index is 1.60. The molecule has 1 aliphatic carbocycles. The standard InChI is InChI=1S/C17H20F3NO3/c1-16(2,3)24-15(22)21-8-12-13(9-21)14(12)10-5-4-6-11(7-10)23-17(18,19)20/h4-7,12-14H,8-9H2,1-3H3/t12-,13+,14?. The maximum atomic E-state index is 12.3. The number of ether oxygens (including phenoxy) is 2. The number of hydrogen-bond acceptors (Lipinski definition) is 3. The van der Waals surface area contributed by atoms with E-state index >= 15 is 0 Å². The molecule has 1 aliphatic heterocycles. The molecule has 24 heavy (non-hydrogen) atoms. The molecular weight excluding hydrogens is 323 g/mol. The highest BCUT2D eigenvalue weighted by Gasteiger charge is 2.57. The van der Waals surface area contributed by atoms with Gasteiger partial charge in [-0.1, -0.05) is 12.1 Å². The number of nitrogens with zero attached hydrogens (tertiary/aromatic N) is 1. The van der Waals surface area contributed by atoms with Gasteiger partial charge in [-0.25, -0.2) is 4.79 Å². The molecule has 2 fully saturated rings. The molecule has 4 nitrogen and oxygen atoms in total. The Kier molecular flexibility index (Phi) is 3.92. The largest absolute Gasteiger partial charge is 0.573 e. The highest BCUT2D eigenvalue weighted by Crippen LogP contribution is 2.58. The maximum absolute atomic E-state index is 12.3. The number of carbonyl (C=O) groups excluding carboxylic acids is 1. The molecule has 1 aromatic rings. The Bertz CT molecular complexity index is 627. The molecule has 2 aliphatic rings. The Morgan fingerprint density at radius 2 is 1.79 bits per heavy atom. The molecule has 1 aromatic carbocycles. The number of piperidine rings is 1. The van der Waals surface area contributed by atoms with E-state index in [1.54, 1.807) is 11.0 Å². The lowest BCUT2D eigenvalue weighted by Crippen LogP contribution is -2.36. The second-order valence-electron chi connectivity index (χ2n) is 7.36. The second-order valence-corrected chi connectivity index (χ2v) is 7.36. The number of halogens is 3. The minimum absolute atomic E-state index is 0.181. The molecule has 132 valence electrons. The summed E-state index contributed by atoms with van der Waals surface area (Å²) in [5, 5.41) is 0. The molecule has 1 heterocycles. The fourth-order valence-electron chi connectivity index (χ4n) is 3.42. The van der Waals surface area contributed by atoms with Crippen molar-refractivity contribution < 1.29 is 27.4 Å². The van der Waals surface area contributed by atoms with Crippen molar-refractivity contribution in [1.82, 2.24) is 4.90 Å². The van der Waals surface area contributed by atoms with Gasteiger partial charge in [0.2, 0.25) is 0 Å². The average Bonchev–Trinajstić information content (AvgIpc) is 2.89. The molecule has 0 bridgehead atoms. The number of fused-ring (bicyclic) bond motifs is 1. The third-order valence-electron chi connectivity index (χ3n) is 4.32. The zero-order valence-corrected chi connectivity index (χ0v) is 13.8. The maximum Gasteiger partial charge on any atom is 0.573 e. The normalized spacial score (nSPS) is 26.1. The van der Waals surface area contributed by atoms with Crippen LogP contribution in [0.25, 0.3) is 0 Å². The van der Waals surface area contributed by atoms with Crippen LogP contribution in [0.4, 0.5) is 18.0 Å². The summed E-state index contributed by atoms with van der Waals surface area (Å²) >= 11 is 0. The molecule has 0 N–H and O–H groups in total. The molecule has 0 radical (unpaired) electrons. The minimum Gasteiger partial charge on any atom is -0.444 e. The van der Waals surface area contributed by atoms with Gasteiger partial charge in [0.05, 0.1) is 0 Å². The second kappa shape index (κ2) is 5.57. The fourth-order valence-corrected chi connectivity index (χ4v) is 3.42. The summed E-state index contributed by atoms with van der Waals surface area (Å²) in [6.07, 6.45) is -5.02. The Morgan fingerprint density at radius 1 is 1.17 bits per heavy atom. The van der Waals surface area contributed by atoms with Crippen LogP contribution in [0.1, 0.15) is 32.3 Å². The highest BCUT2D eigenvalue weighted by molar-refractivity contribution is 5.69. The molecular formula is C17H20F3NO3. The van der Waals surface area contributed by atoms with Gasteiger partial charge < -0.3 is 14.4 Å². The van der Waals surface area contributed by atoms with Gasteiger partial charge in [-0.2, -0.15) is 0 Å². The van der Waals surface area contributed by atoms with Gasteiger partial charge in [-0.3, -0.25) is 0 Å². The van der Waals surface area contributed by atoms with E-state index in [1.165, 1.54) is 12.1 Å². The third kappa shape index (κ3) is 3.76. The van der Waals surface area contributed by atoms with Crippen LogP contribution in [0.5, 0.6) is 5.75 Å². The van der Waals surface area contributed by atoms with Crippen molar-refractivity contribution >= 4 is 6.09 Å². The molecule has 1 amide bonds. The zero-order chi connectivity index (χ0) is 17.7. The van der Waals surface area contributed by atoms with Gasteiger partial charge in [0, 0.05) is 13.1 Å². The van der Waals surface area contributed by atoms with E-state index in [0.29, 0.717) is 13.1 Å². The topological polar surface area (TPSA) is 38.8 Å². The summed E-state index contributed by atoms with van der Waals surface area (Å²) in [6, 6.07) is 6.11. The van der Waals surface area contributed by atoms with E-state index in [4.69, 9.17) is 4.74 Å². The number of benzene rings is 1. The number of alkyl halides is 3. The molecule has 3 atom stereocenters. The molecule has 3 rings (SSSR count). The molecule has 1 saturated carbocycles. The Morgan fingerprint density at radius 3 is 2.33 bits per heavy atom. The number of amides is 1. The van der Waals surface area contributed by atoms with Crippen LogP contribution in [0, 0.1) is 11.8 Å². The summed E-state index contributed by atoms with van der Waals surface area (Å²) < 4.78 is 46.3. The molecule has 1 unspecified atom stereocenters. The number of carbonyl (C=O) groups is 1. The van der Waals surface area contributed by atoms with Gasteiger partial charge in [0.25, 0.3) is 0 Å². The summed E-state index contributed by atoms with van der Waals surface area (Å²) in [7, 11) is 0. The van der Waals surface area contributed by atoms with E-state index < -0.39 is 12.0 Å². The van der Waals surface area contributed by atoms with Crippen LogP contribution < -0.4 is 4.74 Å². The average molecular weight is 343 g/mol. The lowest BCUT2D eigenvalue weighted by atomic mass is 10.1. The van der Waals surface area contributed by atoms with Gasteiger partial charge in [0.15, 0.2) is 0 Å². The van der Waals surface area contributed by atoms with Crippen molar-refractivity contribution in [3.8, 4) is 5.75 Å². The molecule has 0 spiro atoms. The van der Waals surface area contributed by atoms with E-state index in [0.717, 1.165) is 5.56 Å². The van der Waals surface area contributed by atoms with E-state index in [-0.39, 0.29) is 29.6 Å². The Labute approximate surface area is 138 Å². The summed E-state index contributed by atoms with van der Waals surface area (Å²) in [6.45, 7) is 6.60. The first kappa shape index (κ1) is 16.9. The van der Waals surface area contributed by atoms with Crippen LogP contribution >= 0.6 is 0 Å². The number of hydrogen-bond donors (Lipinski definition) is 0. The lowest BCUT2D eigenvalue weighted by Gasteiger charge is -2.26. The van der Waals surface area contributed by atoms with Crippen molar-refractivity contribution in [3.05, 3.63) is 29.8 Å². The molecule has 1 saturated heterocycles. The van der Waals surface area contributed by atoms with Crippen LogP contribution in [0.2, 0.25) is 0 Å². The summed E-state index contributed by atoms with van der Waals surface area (Å²) in [5.74, 6) is 0.534. The first-order valence-electron chi connectivity index (χ1n) is 7.87. The number of rotatable bonds is 2. The first-order valence-corrected chi connectivity index (χ1v) is 7.87. The van der Waals surface area contributed by atoms with Gasteiger partial charge >= 0.3 is 12.5 Å². The zero-order valence-electron chi connectivity index (χ0n) is 13.8. The van der Waals surface area contributed by atoms with E-state index in [2.05, 4.69) is 4.74 Å². The smallest absolute Gasteiger partial charge is 0.444 e. The van der Waals surface area contributed by atoms with Gasteiger partial charge in [-0.15, -0.1) is 13.2 Å². The first-order chi connectivity index (χ1) is 11.0. The number of likely N-dealkylation sites (tertiary alicyclic amines) is 1. The van der Waals surface area contributed by atoms with Gasteiger partial charge in [0.1, 0.15) is 11.4 Å². The van der Waals surface area contributed by atoms with Crippen molar-refractivity contribution in [2.24, 2.45) is 11.8 Å². The molecule has 0 aromatic heterocycles. The van der Waals surface area contributed by atoms with E-state index in [9.17, 15) is 18.0 Å². The van der Waals surface area contributed by atoms with E-state index in [1.807, 2.05) is 26.8 Å². The summed E-state index contributed by atoms with van der Waals surface area (Å²) in [5.41, 5.74) is 0.294. The van der Waals surface area contributed by atoms with Crippen molar-refractivity contribution in [2.45, 2.75) is 38.7 Å². The highest BCUT2D eigenvalue weighted by atomic mass is 19.4. The third-order valence-corrected chi connectivity index (χ3v) is 4.32. The molecule has 7 heteroatoms. The van der Waals surface area contributed by atoms with Crippen molar-refractivity contribution in [2.75, 3.05) is 13.1 Å². The SMILES string of the molecule is CC(C)(C)OC(=O)N1C[C@@H]2C(c3cccc(OC(F)(F)F)c3)[C@@H]2C1. The van der Waals surface area contributed by atoms with Crippen molar-refractivity contribution in [1.29, 1.82) is 0 Å². The minimum atomic E-state index is -4.69. The monoisotopic (exact) mass is 343 g/mol. The fraction of sp³-hybridized carbons (Fsp3) is 0.588. The van der Waals surface area contributed by atoms with Crippen LogP contribution in [-0.4, -0.2) is 36.0 Å². The van der Waals surface area contributed by atoms with Crippen LogP contribution in [0.15, 0.2) is 24.3 Å². The van der Waals surface area contributed by atoms with Crippen LogP contribution in [0.3, 0.4) is 0 Å². The predicted octanol–water partition coefficient (Wildman–Crippen LogP) is 4.17. The van der Waals surface area contributed by atoms with Gasteiger partial charge in [-0.05, 0) is 56.2 Å². The quantitative estimate of drug-likeness (QED) is 0.809. The summed E-state index contributed by atoms with van der Waals surface area (Å²) in [4.78, 5) is 13.7.